The summed E-state index contributed by atoms with van der Waals surface area (Å²) in [4.78, 5) is 26.7. The molecule has 1 amide bonds. The molecule has 1 unspecified atom stereocenters. The van der Waals surface area contributed by atoms with Gasteiger partial charge in [0.2, 0.25) is 5.91 Å². The van der Waals surface area contributed by atoms with Gasteiger partial charge in [-0.25, -0.2) is 0 Å². The summed E-state index contributed by atoms with van der Waals surface area (Å²) in [6.07, 6.45) is 0.673. The van der Waals surface area contributed by atoms with E-state index >= 15 is 0 Å². The van der Waals surface area contributed by atoms with Gasteiger partial charge in [-0.3, -0.25) is 9.59 Å². The van der Waals surface area contributed by atoms with Crippen LogP contribution in [0.25, 0.3) is 0 Å². The predicted molar refractivity (Wildman–Crippen MR) is 93.1 cm³/mol. The minimum absolute atomic E-state index is 0.0830. The van der Waals surface area contributed by atoms with Crippen molar-refractivity contribution >= 4 is 11.9 Å². The molecule has 1 N–H and O–H groups in total. The Morgan fingerprint density at radius 3 is 2.76 bits per heavy atom. The largest absolute Gasteiger partial charge is 0.493 e. The van der Waals surface area contributed by atoms with Crippen LogP contribution >= 0.6 is 0 Å². The van der Waals surface area contributed by atoms with Crippen LogP contribution < -0.4 is 9.47 Å². The summed E-state index contributed by atoms with van der Waals surface area (Å²) < 4.78 is 11.3. The lowest BCUT2D eigenvalue weighted by Gasteiger charge is -2.19. The topological polar surface area (TPSA) is 79.3 Å². The summed E-state index contributed by atoms with van der Waals surface area (Å²) in [6, 6.07) is 5.68. The van der Waals surface area contributed by atoms with Crippen LogP contribution in [0.4, 0.5) is 0 Å². The number of hydrogen-bond donors (Lipinski definition) is 1. The highest BCUT2D eigenvalue weighted by atomic mass is 16.5. The number of benzene rings is 1. The molecule has 2 rings (SSSR count). The van der Waals surface area contributed by atoms with Gasteiger partial charge in [0.1, 0.15) is 6.61 Å². The molecular weight excluding hydrogens is 324 g/mol. The second kappa shape index (κ2) is 8.71. The monoisotopic (exact) mass is 350 g/mol. The average Bonchev–Trinajstić information content (AvgIpc) is 2.94. The van der Waals surface area contributed by atoms with Gasteiger partial charge < -0.3 is 24.4 Å². The Balaban J connectivity index is 2.03. The second-order valence-corrected chi connectivity index (χ2v) is 6.43. The third kappa shape index (κ3) is 5.09. The van der Waals surface area contributed by atoms with Gasteiger partial charge in [-0.2, -0.15) is 0 Å². The predicted octanol–water partition coefficient (Wildman–Crippen LogP) is 1.11. The first-order valence-corrected chi connectivity index (χ1v) is 8.36. The van der Waals surface area contributed by atoms with Crippen LogP contribution in [0.1, 0.15) is 12.0 Å². The molecular formula is C18H26N2O5. The molecule has 0 spiro atoms. The number of carboxylic acids is 1. The number of nitrogens with zero attached hydrogens (tertiary/aromatic N) is 2. The summed E-state index contributed by atoms with van der Waals surface area (Å²) in [7, 11) is 5.55. The lowest BCUT2D eigenvalue weighted by molar-refractivity contribution is -0.141. The van der Waals surface area contributed by atoms with Crippen LogP contribution in [-0.4, -0.2) is 74.2 Å². The maximum Gasteiger partial charge on any atom is 0.308 e. The first kappa shape index (κ1) is 19.1. The van der Waals surface area contributed by atoms with Crippen molar-refractivity contribution in [1.29, 1.82) is 0 Å². The van der Waals surface area contributed by atoms with Gasteiger partial charge in [-0.05, 0) is 32.1 Å². The Hall–Kier alpha value is -2.28. The highest BCUT2D eigenvalue weighted by Crippen LogP contribution is 2.32. The number of carboxylic acid groups (broad SMARTS) is 1. The minimum Gasteiger partial charge on any atom is -0.493 e. The maximum absolute atomic E-state index is 12.0. The van der Waals surface area contributed by atoms with Crippen LogP contribution in [0.2, 0.25) is 0 Å². The SMILES string of the molecule is COc1cccc(CCN2CC(C(=O)O)CC2=O)c1OCCN(C)C. The zero-order valence-electron chi connectivity index (χ0n) is 15.0. The number of amides is 1. The number of carbonyl (C=O) groups is 2. The second-order valence-electron chi connectivity index (χ2n) is 6.43. The standard InChI is InChI=1S/C18H26N2O5/c1-19(2)9-10-25-17-13(5-4-6-15(17)24-3)7-8-20-12-14(18(22)23)11-16(20)21/h4-6,14H,7-12H2,1-3H3,(H,22,23). The van der Waals surface area contributed by atoms with Gasteiger partial charge in [0.05, 0.1) is 13.0 Å². The van der Waals surface area contributed by atoms with E-state index in [-0.39, 0.29) is 18.9 Å². The number of ether oxygens (including phenoxy) is 2. The van der Waals surface area contributed by atoms with Crippen molar-refractivity contribution in [2.24, 2.45) is 5.92 Å². The number of para-hydroxylation sites is 1. The summed E-state index contributed by atoms with van der Waals surface area (Å²) in [5, 5.41) is 9.07. The third-order valence-electron chi connectivity index (χ3n) is 4.28. The van der Waals surface area contributed by atoms with Gasteiger partial charge in [0.25, 0.3) is 0 Å². The fourth-order valence-electron chi connectivity index (χ4n) is 2.82. The highest BCUT2D eigenvalue weighted by molar-refractivity contribution is 5.86. The molecule has 1 saturated heterocycles. The number of likely N-dealkylation sites (tertiary alicyclic amines) is 1. The number of aliphatic carboxylic acids is 1. The van der Waals surface area contributed by atoms with E-state index in [1.165, 1.54) is 0 Å². The molecule has 1 heterocycles. The van der Waals surface area contributed by atoms with E-state index in [1.807, 2.05) is 37.2 Å². The van der Waals surface area contributed by atoms with Crippen molar-refractivity contribution in [2.45, 2.75) is 12.8 Å². The smallest absolute Gasteiger partial charge is 0.308 e. The van der Waals surface area contributed by atoms with Gasteiger partial charge in [-0.1, -0.05) is 12.1 Å². The average molecular weight is 350 g/mol. The Kier molecular flexibility index (Phi) is 6.64. The van der Waals surface area contributed by atoms with Gasteiger partial charge in [0.15, 0.2) is 11.5 Å². The molecule has 0 bridgehead atoms. The van der Waals surface area contributed by atoms with Gasteiger partial charge in [0, 0.05) is 26.1 Å². The lowest BCUT2D eigenvalue weighted by Crippen LogP contribution is -2.28. The third-order valence-corrected chi connectivity index (χ3v) is 4.28. The molecule has 7 nitrogen and oxygen atoms in total. The molecule has 1 aliphatic rings. The number of likely N-dealkylation sites (N-methyl/N-ethyl adjacent to an activating group) is 1. The van der Waals surface area contributed by atoms with E-state index in [9.17, 15) is 9.59 Å². The van der Waals surface area contributed by atoms with Crippen molar-refractivity contribution in [3.8, 4) is 11.5 Å². The fraction of sp³-hybridized carbons (Fsp3) is 0.556. The van der Waals surface area contributed by atoms with E-state index in [2.05, 4.69) is 0 Å². The van der Waals surface area contributed by atoms with E-state index in [1.54, 1.807) is 12.0 Å². The normalized spacial score (nSPS) is 17.2. The molecule has 1 atom stereocenters. The Bertz CT molecular complexity index is 617. The quantitative estimate of drug-likeness (QED) is 0.719. The number of carbonyl (C=O) groups excluding carboxylic acids is 1. The molecule has 0 saturated carbocycles. The number of rotatable bonds is 9. The molecule has 7 heteroatoms. The minimum atomic E-state index is -0.912. The van der Waals surface area contributed by atoms with Crippen molar-refractivity contribution in [3.05, 3.63) is 23.8 Å². The van der Waals surface area contributed by atoms with Crippen molar-refractivity contribution in [1.82, 2.24) is 9.80 Å². The molecule has 1 aromatic carbocycles. The first-order valence-electron chi connectivity index (χ1n) is 8.36. The summed E-state index contributed by atoms with van der Waals surface area (Å²) in [5.41, 5.74) is 0.949. The molecule has 1 aromatic rings. The van der Waals surface area contributed by atoms with Crippen molar-refractivity contribution in [3.63, 3.8) is 0 Å². The molecule has 1 fully saturated rings. The molecule has 25 heavy (non-hydrogen) atoms. The van der Waals surface area contributed by atoms with Gasteiger partial charge in [-0.15, -0.1) is 0 Å². The van der Waals surface area contributed by atoms with Crippen LogP contribution in [0.15, 0.2) is 18.2 Å². The number of hydrogen-bond acceptors (Lipinski definition) is 5. The lowest BCUT2D eigenvalue weighted by atomic mass is 10.1. The highest BCUT2D eigenvalue weighted by Gasteiger charge is 2.33. The van der Waals surface area contributed by atoms with Gasteiger partial charge >= 0.3 is 5.97 Å². The first-order chi connectivity index (χ1) is 11.9. The maximum atomic E-state index is 12.0. The van der Waals surface area contributed by atoms with Crippen molar-refractivity contribution < 1.29 is 24.2 Å². The Morgan fingerprint density at radius 1 is 1.40 bits per heavy atom. The van der Waals surface area contributed by atoms with E-state index in [0.717, 1.165) is 12.1 Å². The number of methoxy groups -OCH3 is 1. The van der Waals surface area contributed by atoms with E-state index < -0.39 is 11.9 Å². The van der Waals surface area contributed by atoms with Crippen LogP contribution in [0.3, 0.4) is 0 Å². The van der Waals surface area contributed by atoms with E-state index in [4.69, 9.17) is 14.6 Å². The van der Waals surface area contributed by atoms with Crippen LogP contribution in [-0.2, 0) is 16.0 Å². The molecule has 138 valence electrons. The Morgan fingerprint density at radius 2 is 2.16 bits per heavy atom. The fourth-order valence-corrected chi connectivity index (χ4v) is 2.82. The molecule has 0 aromatic heterocycles. The van der Waals surface area contributed by atoms with E-state index in [0.29, 0.717) is 31.1 Å². The van der Waals surface area contributed by atoms with Crippen molar-refractivity contribution in [2.75, 3.05) is 47.4 Å². The summed E-state index contributed by atoms with van der Waals surface area (Å²) in [5.74, 6) is -0.273. The molecule has 1 aliphatic heterocycles. The zero-order valence-corrected chi connectivity index (χ0v) is 15.0. The summed E-state index contributed by atoms with van der Waals surface area (Å²) in [6.45, 7) is 2.06. The summed E-state index contributed by atoms with van der Waals surface area (Å²) >= 11 is 0. The molecule has 0 radical (unpaired) electrons. The zero-order chi connectivity index (χ0) is 18.4. The Labute approximate surface area is 148 Å². The van der Waals surface area contributed by atoms with Crippen LogP contribution in [0.5, 0.6) is 11.5 Å². The molecule has 0 aliphatic carbocycles. The van der Waals surface area contributed by atoms with Crippen LogP contribution in [0, 0.1) is 5.92 Å².